The fourth-order valence-electron chi connectivity index (χ4n) is 1.74. The molecule has 1 aromatic carbocycles. The predicted octanol–water partition coefficient (Wildman–Crippen LogP) is 3.40. The maximum absolute atomic E-state index is 11.6. The van der Waals surface area contributed by atoms with Crippen molar-refractivity contribution in [2.75, 3.05) is 13.7 Å². The SMILES string of the molecule is CCCCCCNC(=O)/C=C/c1cccc(OC)c1. The molecule has 0 aliphatic carbocycles. The number of carbonyl (C=O) groups is 1. The predicted molar refractivity (Wildman–Crippen MR) is 79.2 cm³/mol. The van der Waals surface area contributed by atoms with Crippen LogP contribution >= 0.6 is 0 Å². The number of ether oxygens (including phenoxy) is 1. The first-order valence-corrected chi connectivity index (χ1v) is 6.86. The van der Waals surface area contributed by atoms with Crippen molar-refractivity contribution < 1.29 is 9.53 Å². The van der Waals surface area contributed by atoms with E-state index in [1.807, 2.05) is 24.3 Å². The van der Waals surface area contributed by atoms with Gasteiger partial charge in [0.1, 0.15) is 5.75 Å². The van der Waals surface area contributed by atoms with E-state index in [4.69, 9.17) is 4.74 Å². The number of nitrogens with one attached hydrogen (secondary N) is 1. The Labute approximate surface area is 115 Å². The normalized spacial score (nSPS) is 10.6. The van der Waals surface area contributed by atoms with Gasteiger partial charge in [-0.05, 0) is 30.2 Å². The molecule has 0 aliphatic rings. The van der Waals surface area contributed by atoms with Gasteiger partial charge in [-0.1, -0.05) is 38.3 Å². The maximum atomic E-state index is 11.6. The van der Waals surface area contributed by atoms with Crippen LogP contribution in [0.3, 0.4) is 0 Å². The summed E-state index contributed by atoms with van der Waals surface area (Å²) in [5.41, 5.74) is 0.959. The summed E-state index contributed by atoms with van der Waals surface area (Å²) in [6.07, 6.45) is 8.03. The van der Waals surface area contributed by atoms with Crippen LogP contribution in [-0.2, 0) is 4.79 Å². The van der Waals surface area contributed by atoms with E-state index in [9.17, 15) is 4.79 Å². The molecule has 0 saturated heterocycles. The fraction of sp³-hybridized carbons (Fsp3) is 0.438. The van der Waals surface area contributed by atoms with Crippen molar-refractivity contribution in [2.24, 2.45) is 0 Å². The van der Waals surface area contributed by atoms with Crippen molar-refractivity contribution in [3.05, 3.63) is 35.9 Å². The van der Waals surface area contributed by atoms with Gasteiger partial charge in [0.05, 0.1) is 7.11 Å². The van der Waals surface area contributed by atoms with Crippen LogP contribution in [0.1, 0.15) is 38.2 Å². The molecule has 1 amide bonds. The highest BCUT2D eigenvalue weighted by molar-refractivity contribution is 5.91. The highest BCUT2D eigenvalue weighted by atomic mass is 16.5. The van der Waals surface area contributed by atoms with E-state index in [-0.39, 0.29) is 5.91 Å². The molecular formula is C16H23NO2. The van der Waals surface area contributed by atoms with Gasteiger partial charge < -0.3 is 10.1 Å². The smallest absolute Gasteiger partial charge is 0.243 e. The minimum absolute atomic E-state index is 0.0423. The van der Waals surface area contributed by atoms with Crippen molar-refractivity contribution >= 4 is 12.0 Å². The zero-order valence-corrected chi connectivity index (χ0v) is 11.8. The van der Waals surface area contributed by atoms with Crippen molar-refractivity contribution in [3.8, 4) is 5.75 Å². The Morgan fingerprint density at radius 3 is 2.89 bits per heavy atom. The van der Waals surface area contributed by atoms with Gasteiger partial charge in [-0.2, -0.15) is 0 Å². The first-order chi connectivity index (χ1) is 9.26. The summed E-state index contributed by atoms with van der Waals surface area (Å²) in [4.78, 5) is 11.6. The van der Waals surface area contributed by atoms with Gasteiger partial charge in [0, 0.05) is 12.6 Å². The lowest BCUT2D eigenvalue weighted by Crippen LogP contribution is -2.21. The third kappa shape index (κ3) is 6.65. The Balaban J connectivity index is 2.32. The van der Waals surface area contributed by atoms with Crippen LogP contribution < -0.4 is 10.1 Å². The summed E-state index contributed by atoms with van der Waals surface area (Å²) in [6.45, 7) is 2.93. The van der Waals surface area contributed by atoms with E-state index in [2.05, 4.69) is 12.2 Å². The molecule has 3 nitrogen and oxygen atoms in total. The third-order valence-corrected chi connectivity index (χ3v) is 2.85. The lowest BCUT2D eigenvalue weighted by Gasteiger charge is -2.02. The quantitative estimate of drug-likeness (QED) is 0.575. The second-order valence-electron chi connectivity index (χ2n) is 4.46. The zero-order chi connectivity index (χ0) is 13.9. The number of benzene rings is 1. The van der Waals surface area contributed by atoms with Crippen molar-refractivity contribution in [1.82, 2.24) is 5.32 Å². The lowest BCUT2D eigenvalue weighted by atomic mass is 10.2. The number of rotatable bonds is 8. The average molecular weight is 261 g/mol. The van der Waals surface area contributed by atoms with Crippen LogP contribution in [0.2, 0.25) is 0 Å². The average Bonchev–Trinajstić information content (AvgIpc) is 2.45. The molecule has 1 rings (SSSR count). The van der Waals surface area contributed by atoms with Crippen LogP contribution in [0.25, 0.3) is 6.08 Å². The van der Waals surface area contributed by atoms with Gasteiger partial charge >= 0.3 is 0 Å². The molecule has 104 valence electrons. The largest absolute Gasteiger partial charge is 0.497 e. The number of hydrogen-bond donors (Lipinski definition) is 1. The number of unbranched alkanes of at least 4 members (excludes halogenated alkanes) is 3. The van der Waals surface area contributed by atoms with Crippen LogP contribution in [0.5, 0.6) is 5.75 Å². The highest BCUT2D eigenvalue weighted by Crippen LogP contribution is 2.13. The molecule has 0 saturated carbocycles. The Morgan fingerprint density at radius 1 is 1.32 bits per heavy atom. The Hall–Kier alpha value is -1.77. The van der Waals surface area contributed by atoms with Gasteiger partial charge in [-0.25, -0.2) is 0 Å². The third-order valence-electron chi connectivity index (χ3n) is 2.85. The molecule has 3 heteroatoms. The monoisotopic (exact) mass is 261 g/mol. The molecule has 19 heavy (non-hydrogen) atoms. The topological polar surface area (TPSA) is 38.3 Å². The van der Waals surface area contributed by atoms with E-state index >= 15 is 0 Å². The van der Waals surface area contributed by atoms with Crippen LogP contribution in [0.4, 0.5) is 0 Å². The van der Waals surface area contributed by atoms with Gasteiger partial charge in [0.25, 0.3) is 0 Å². The van der Waals surface area contributed by atoms with Crippen LogP contribution in [0, 0.1) is 0 Å². The Morgan fingerprint density at radius 2 is 2.16 bits per heavy atom. The Kier molecular flexibility index (Phi) is 7.40. The molecule has 0 fully saturated rings. The van der Waals surface area contributed by atoms with Gasteiger partial charge in [0.15, 0.2) is 0 Å². The van der Waals surface area contributed by atoms with E-state index < -0.39 is 0 Å². The van der Waals surface area contributed by atoms with E-state index in [0.717, 1.165) is 24.3 Å². The second kappa shape index (κ2) is 9.20. The van der Waals surface area contributed by atoms with Crippen molar-refractivity contribution in [3.63, 3.8) is 0 Å². The van der Waals surface area contributed by atoms with E-state index in [1.54, 1.807) is 19.3 Å². The summed E-state index contributed by atoms with van der Waals surface area (Å²) in [6, 6.07) is 7.62. The van der Waals surface area contributed by atoms with Crippen LogP contribution in [-0.4, -0.2) is 19.6 Å². The Bertz CT molecular complexity index is 413. The molecule has 1 N–H and O–H groups in total. The van der Waals surface area contributed by atoms with Crippen molar-refractivity contribution in [2.45, 2.75) is 32.6 Å². The number of hydrogen-bond acceptors (Lipinski definition) is 2. The van der Waals surface area contributed by atoms with E-state index in [0.29, 0.717) is 0 Å². The minimum atomic E-state index is -0.0423. The molecule has 0 radical (unpaired) electrons. The first-order valence-electron chi connectivity index (χ1n) is 6.86. The lowest BCUT2D eigenvalue weighted by molar-refractivity contribution is -0.116. The van der Waals surface area contributed by atoms with Gasteiger partial charge in [-0.3, -0.25) is 4.79 Å². The fourth-order valence-corrected chi connectivity index (χ4v) is 1.74. The molecule has 0 unspecified atom stereocenters. The standard InChI is InChI=1S/C16H23NO2/c1-3-4-5-6-12-17-16(18)11-10-14-8-7-9-15(13-14)19-2/h7-11,13H,3-6,12H2,1-2H3,(H,17,18)/b11-10+. The molecular weight excluding hydrogens is 238 g/mol. The molecule has 1 aromatic rings. The summed E-state index contributed by atoms with van der Waals surface area (Å²) in [5, 5.41) is 2.88. The molecule has 0 aliphatic heterocycles. The van der Waals surface area contributed by atoms with Gasteiger partial charge in [-0.15, -0.1) is 0 Å². The molecule has 0 spiro atoms. The highest BCUT2D eigenvalue weighted by Gasteiger charge is 1.96. The molecule has 0 heterocycles. The molecule has 0 aromatic heterocycles. The summed E-state index contributed by atoms with van der Waals surface area (Å²) in [7, 11) is 1.63. The maximum Gasteiger partial charge on any atom is 0.243 e. The summed E-state index contributed by atoms with van der Waals surface area (Å²) >= 11 is 0. The molecule has 0 bridgehead atoms. The minimum Gasteiger partial charge on any atom is -0.497 e. The number of methoxy groups -OCH3 is 1. The van der Waals surface area contributed by atoms with Crippen molar-refractivity contribution in [1.29, 1.82) is 0 Å². The summed E-state index contributed by atoms with van der Waals surface area (Å²) in [5.74, 6) is 0.751. The number of carbonyl (C=O) groups excluding carboxylic acids is 1. The number of amides is 1. The summed E-state index contributed by atoms with van der Waals surface area (Å²) < 4.78 is 5.13. The van der Waals surface area contributed by atoms with Gasteiger partial charge in [0.2, 0.25) is 5.91 Å². The van der Waals surface area contributed by atoms with Crippen LogP contribution in [0.15, 0.2) is 30.3 Å². The molecule has 0 atom stereocenters. The first kappa shape index (κ1) is 15.3. The van der Waals surface area contributed by atoms with E-state index in [1.165, 1.54) is 19.3 Å². The second-order valence-corrected chi connectivity index (χ2v) is 4.46. The zero-order valence-electron chi connectivity index (χ0n) is 11.8.